The van der Waals surface area contributed by atoms with Crippen LogP contribution in [0.1, 0.15) is 26.7 Å². The van der Waals surface area contributed by atoms with Crippen LogP contribution in [0.15, 0.2) is 18.2 Å². The molecule has 1 aromatic carbocycles. The Hall–Kier alpha value is -1.56. The molecular weight excluding hydrogens is 374 g/mol. The molecule has 0 spiro atoms. The topological polar surface area (TPSA) is 130 Å². The fraction of sp³-hybridized carbons (Fsp3) is 0.571. The number of benzene rings is 1. The molecule has 0 aromatic heterocycles. The van der Waals surface area contributed by atoms with Gasteiger partial charge in [-0.2, -0.15) is 16.8 Å². The van der Waals surface area contributed by atoms with Gasteiger partial charge in [0.15, 0.2) is 10.7 Å². The minimum atomic E-state index is -4.65. The number of hydrogen-bond donors (Lipinski definition) is 2. The number of methoxy groups -OCH3 is 2. The van der Waals surface area contributed by atoms with Crippen LogP contribution in [0.2, 0.25) is 0 Å². The Labute approximate surface area is 148 Å². The Morgan fingerprint density at radius 2 is 1.24 bits per heavy atom. The average Bonchev–Trinajstić information content (AvgIpc) is 2.51. The van der Waals surface area contributed by atoms with E-state index in [4.69, 9.17) is 9.47 Å². The summed E-state index contributed by atoms with van der Waals surface area (Å²) in [6.45, 7) is 2.94. The van der Waals surface area contributed by atoms with Crippen molar-refractivity contribution in [2.45, 2.75) is 37.4 Å². The molecule has 2 atom stereocenters. The summed E-state index contributed by atoms with van der Waals surface area (Å²) in [6, 6.07) is 4.30. The molecule has 1 aromatic rings. The van der Waals surface area contributed by atoms with E-state index in [1.165, 1.54) is 46.3 Å². The van der Waals surface area contributed by atoms with Crippen LogP contribution in [0, 0.1) is 0 Å². The number of rotatable bonds is 9. The lowest BCUT2D eigenvalue weighted by molar-refractivity contribution is 0.393. The van der Waals surface area contributed by atoms with Crippen LogP contribution in [0.4, 0.5) is 5.69 Å². The van der Waals surface area contributed by atoms with Crippen LogP contribution in [0.5, 0.6) is 11.5 Å². The SMILES string of the molecule is CCC(N(c1cc(OC)cc(OC)c1)C(CC)S(=O)(=O)O)S(=O)(=O)O. The molecule has 9 nitrogen and oxygen atoms in total. The zero-order valence-corrected chi connectivity index (χ0v) is 16.0. The van der Waals surface area contributed by atoms with Crippen molar-refractivity contribution in [1.82, 2.24) is 0 Å². The molecule has 0 amide bonds. The standard InChI is InChI=1S/C14H23NO8S2/c1-5-13(24(16,17)18)15(14(6-2)25(19,20)21)10-7-11(22-3)9-12(8-10)23-4/h7-9,13-14H,5-6H2,1-4H3,(H,16,17,18)(H,19,20,21). The van der Waals surface area contributed by atoms with Gasteiger partial charge in [-0.05, 0) is 12.8 Å². The summed E-state index contributed by atoms with van der Waals surface area (Å²) in [6.07, 6.45) is -0.241. The first-order valence-corrected chi connectivity index (χ1v) is 10.4. The van der Waals surface area contributed by atoms with Gasteiger partial charge in [-0.1, -0.05) is 13.8 Å². The van der Waals surface area contributed by atoms with Crippen molar-refractivity contribution in [3.63, 3.8) is 0 Å². The molecule has 0 aliphatic carbocycles. The van der Waals surface area contributed by atoms with Gasteiger partial charge < -0.3 is 14.4 Å². The van der Waals surface area contributed by atoms with Crippen LogP contribution in [-0.2, 0) is 20.2 Å². The first-order chi connectivity index (χ1) is 11.5. The molecule has 0 saturated carbocycles. The summed E-state index contributed by atoms with van der Waals surface area (Å²) in [7, 11) is -6.54. The lowest BCUT2D eigenvalue weighted by atomic mass is 10.2. The molecule has 1 rings (SSSR count). The fourth-order valence-corrected chi connectivity index (χ4v) is 4.59. The summed E-state index contributed by atoms with van der Waals surface area (Å²) in [5.41, 5.74) is 0.102. The molecule has 0 aliphatic heterocycles. The zero-order chi connectivity index (χ0) is 19.4. The molecule has 0 aliphatic rings. The number of nitrogens with zero attached hydrogens (tertiary/aromatic N) is 1. The average molecular weight is 397 g/mol. The highest BCUT2D eigenvalue weighted by molar-refractivity contribution is 7.87. The van der Waals surface area contributed by atoms with Crippen LogP contribution in [0.3, 0.4) is 0 Å². The fourth-order valence-electron chi connectivity index (χ4n) is 2.56. The third-order valence-electron chi connectivity index (χ3n) is 3.64. The zero-order valence-electron chi connectivity index (χ0n) is 14.4. The van der Waals surface area contributed by atoms with Gasteiger partial charge in [0.25, 0.3) is 20.2 Å². The molecule has 0 saturated heterocycles. The Morgan fingerprint density at radius 3 is 1.48 bits per heavy atom. The van der Waals surface area contributed by atoms with Crippen LogP contribution >= 0.6 is 0 Å². The lowest BCUT2D eigenvalue weighted by Gasteiger charge is -2.36. The maximum absolute atomic E-state index is 11.8. The van der Waals surface area contributed by atoms with Crippen molar-refractivity contribution in [2.24, 2.45) is 0 Å². The van der Waals surface area contributed by atoms with Gasteiger partial charge >= 0.3 is 0 Å². The lowest BCUT2D eigenvalue weighted by Crippen LogP contribution is -2.50. The van der Waals surface area contributed by atoms with Crippen LogP contribution in [-0.4, -0.2) is 50.9 Å². The molecule has 0 heterocycles. The van der Waals surface area contributed by atoms with E-state index < -0.39 is 31.0 Å². The Morgan fingerprint density at radius 1 is 0.880 bits per heavy atom. The largest absolute Gasteiger partial charge is 0.497 e. The second-order valence-corrected chi connectivity index (χ2v) is 8.38. The minimum Gasteiger partial charge on any atom is -0.497 e. The summed E-state index contributed by atoms with van der Waals surface area (Å²) in [5, 5.41) is -3.17. The van der Waals surface area contributed by atoms with E-state index in [0.717, 1.165) is 4.90 Å². The molecular formula is C14H23NO8S2. The summed E-state index contributed by atoms with van der Waals surface area (Å²) < 4.78 is 76.6. The maximum atomic E-state index is 11.8. The van der Waals surface area contributed by atoms with E-state index in [2.05, 4.69) is 0 Å². The van der Waals surface area contributed by atoms with Gasteiger partial charge in [0.2, 0.25) is 0 Å². The Bertz CT molecular complexity index is 729. The van der Waals surface area contributed by atoms with Crippen molar-refractivity contribution in [1.29, 1.82) is 0 Å². The molecule has 0 fully saturated rings. The van der Waals surface area contributed by atoms with Gasteiger partial charge in [-0.15, -0.1) is 0 Å². The maximum Gasteiger partial charge on any atom is 0.286 e. The second kappa shape index (κ2) is 8.21. The minimum absolute atomic E-state index is 0.102. The van der Waals surface area contributed by atoms with Crippen LogP contribution < -0.4 is 14.4 Å². The van der Waals surface area contributed by atoms with Gasteiger partial charge in [0, 0.05) is 23.9 Å². The molecule has 0 bridgehead atoms. The smallest absolute Gasteiger partial charge is 0.286 e. The number of ether oxygens (including phenoxy) is 2. The molecule has 0 radical (unpaired) electrons. The number of anilines is 1. The Balaban J connectivity index is 3.72. The molecule has 25 heavy (non-hydrogen) atoms. The van der Waals surface area contributed by atoms with E-state index in [0.29, 0.717) is 0 Å². The summed E-state index contributed by atoms with van der Waals surface area (Å²) in [5.74, 6) is 0.574. The van der Waals surface area contributed by atoms with E-state index in [9.17, 15) is 25.9 Å². The van der Waals surface area contributed by atoms with E-state index >= 15 is 0 Å². The summed E-state index contributed by atoms with van der Waals surface area (Å²) in [4.78, 5) is 0.940. The quantitative estimate of drug-likeness (QED) is 0.598. The monoisotopic (exact) mass is 397 g/mol. The van der Waals surface area contributed by atoms with Crippen molar-refractivity contribution >= 4 is 25.9 Å². The van der Waals surface area contributed by atoms with Crippen molar-refractivity contribution < 1.29 is 35.4 Å². The van der Waals surface area contributed by atoms with Gasteiger partial charge in [0.1, 0.15) is 11.5 Å². The highest BCUT2D eigenvalue weighted by Crippen LogP contribution is 2.34. The van der Waals surface area contributed by atoms with Crippen molar-refractivity contribution in [3.8, 4) is 11.5 Å². The summed E-state index contributed by atoms with van der Waals surface area (Å²) >= 11 is 0. The van der Waals surface area contributed by atoms with Gasteiger partial charge in [-0.25, -0.2) is 0 Å². The second-order valence-electron chi connectivity index (χ2n) is 5.23. The predicted octanol–water partition coefficient (Wildman–Crippen LogP) is 1.76. The van der Waals surface area contributed by atoms with Crippen molar-refractivity contribution in [2.75, 3.05) is 19.1 Å². The third kappa shape index (κ3) is 5.21. The molecule has 144 valence electrons. The van der Waals surface area contributed by atoms with Gasteiger partial charge in [0.05, 0.1) is 14.2 Å². The highest BCUT2D eigenvalue weighted by atomic mass is 32.2. The van der Waals surface area contributed by atoms with E-state index in [1.807, 2.05) is 0 Å². The van der Waals surface area contributed by atoms with Gasteiger partial charge in [-0.3, -0.25) is 9.11 Å². The molecule has 11 heteroatoms. The first kappa shape index (κ1) is 21.5. The molecule has 2 N–H and O–H groups in total. The Kier molecular flexibility index (Phi) is 7.06. The normalized spacial score (nSPS) is 14.6. The van der Waals surface area contributed by atoms with Crippen molar-refractivity contribution in [3.05, 3.63) is 18.2 Å². The third-order valence-corrected chi connectivity index (χ3v) is 6.14. The van der Waals surface area contributed by atoms with E-state index in [-0.39, 0.29) is 30.0 Å². The number of hydrogen-bond acceptors (Lipinski definition) is 7. The van der Waals surface area contributed by atoms with E-state index in [1.54, 1.807) is 0 Å². The molecule has 2 unspecified atom stereocenters. The predicted molar refractivity (Wildman–Crippen MR) is 93.3 cm³/mol. The van der Waals surface area contributed by atoms with Crippen LogP contribution in [0.25, 0.3) is 0 Å². The highest BCUT2D eigenvalue weighted by Gasteiger charge is 2.39. The first-order valence-electron chi connectivity index (χ1n) is 7.43.